The summed E-state index contributed by atoms with van der Waals surface area (Å²) in [6.07, 6.45) is 1.87. The number of nitrogens with one attached hydrogen (secondary N) is 1. The molecule has 1 N–H and O–H groups in total. The maximum atomic E-state index is 13.4. The molecule has 0 aliphatic carbocycles. The Morgan fingerprint density at radius 3 is 2.50 bits per heavy atom. The van der Waals surface area contributed by atoms with Crippen LogP contribution in [0.3, 0.4) is 0 Å². The number of hydrogen-bond acceptors (Lipinski definition) is 6. The molecule has 184 valence electrons. The van der Waals surface area contributed by atoms with Crippen LogP contribution in [0.2, 0.25) is 0 Å². The van der Waals surface area contributed by atoms with Crippen molar-refractivity contribution in [2.75, 3.05) is 13.7 Å². The highest BCUT2D eigenvalue weighted by atomic mass is 16.7. The minimum atomic E-state index is -0.632. The van der Waals surface area contributed by atoms with E-state index in [1.165, 1.54) is 7.11 Å². The van der Waals surface area contributed by atoms with Crippen molar-refractivity contribution in [3.8, 4) is 0 Å². The van der Waals surface area contributed by atoms with Gasteiger partial charge in [-0.3, -0.25) is 9.79 Å². The number of alkyl carbamates (subject to hydrolysis) is 1. The zero-order chi connectivity index (χ0) is 24.8. The Hall–Kier alpha value is -2.39. The molecule has 3 aliphatic heterocycles. The standard InChI is InChI=1S/C25H36BN3O5/c1-15(2)21(28-23(31)32-7)22(30)29-12-8-9-20(29)19-14-16-13-17(10-11-18(16)27-19)26-33-24(3,4)25(5,6)34-26/h10-11,13,15,20-21H,8-9,12,14H2,1-7H3,(H,28,31)/t20-,21-/m0/s1. The second-order valence-electron chi connectivity index (χ2n) is 10.8. The van der Waals surface area contributed by atoms with Crippen LogP contribution in [-0.4, -0.2) is 66.7 Å². The van der Waals surface area contributed by atoms with Gasteiger partial charge in [-0.15, -0.1) is 0 Å². The number of carbonyl (C=O) groups is 2. The van der Waals surface area contributed by atoms with Crippen molar-refractivity contribution in [1.29, 1.82) is 0 Å². The molecule has 0 saturated carbocycles. The van der Waals surface area contributed by atoms with Crippen LogP contribution in [0.15, 0.2) is 23.2 Å². The number of nitrogens with zero attached hydrogens (tertiary/aromatic N) is 2. The summed E-state index contributed by atoms with van der Waals surface area (Å²) in [6.45, 7) is 12.7. The molecule has 2 saturated heterocycles. The maximum absolute atomic E-state index is 13.4. The van der Waals surface area contributed by atoms with Gasteiger partial charge in [-0.2, -0.15) is 0 Å². The Bertz CT molecular complexity index is 990. The van der Waals surface area contributed by atoms with E-state index in [4.69, 9.17) is 19.0 Å². The Kier molecular flexibility index (Phi) is 6.55. The summed E-state index contributed by atoms with van der Waals surface area (Å²) >= 11 is 0. The molecule has 0 bridgehead atoms. The minimum absolute atomic E-state index is 0.0574. The Morgan fingerprint density at radius 1 is 1.21 bits per heavy atom. The first kappa shape index (κ1) is 24.7. The third-order valence-corrected chi connectivity index (χ3v) is 7.58. The van der Waals surface area contributed by atoms with Gasteiger partial charge in [0.1, 0.15) is 6.04 Å². The number of benzene rings is 1. The fraction of sp³-hybridized carbons (Fsp3) is 0.640. The number of hydrogen-bond donors (Lipinski definition) is 1. The predicted octanol–water partition coefficient (Wildman–Crippen LogP) is 2.99. The van der Waals surface area contributed by atoms with Crippen LogP contribution in [0.1, 0.15) is 59.9 Å². The summed E-state index contributed by atoms with van der Waals surface area (Å²) in [7, 11) is 0.887. The van der Waals surface area contributed by atoms with Crippen LogP contribution in [-0.2, 0) is 25.3 Å². The van der Waals surface area contributed by atoms with Gasteiger partial charge in [0, 0.05) is 18.7 Å². The summed E-state index contributed by atoms with van der Waals surface area (Å²) < 4.78 is 17.2. The zero-order valence-electron chi connectivity index (χ0n) is 21.3. The number of aliphatic imine (C=N–C) groups is 1. The average Bonchev–Trinajstić information content (AvgIpc) is 3.46. The van der Waals surface area contributed by atoms with Crippen molar-refractivity contribution < 1.29 is 23.6 Å². The molecule has 1 aromatic carbocycles. The van der Waals surface area contributed by atoms with Crippen molar-refractivity contribution in [2.45, 2.75) is 84.1 Å². The van der Waals surface area contributed by atoms with Crippen molar-refractivity contribution >= 4 is 36.0 Å². The summed E-state index contributed by atoms with van der Waals surface area (Å²) in [4.78, 5) is 32.0. The van der Waals surface area contributed by atoms with Gasteiger partial charge in [-0.1, -0.05) is 26.0 Å². The van der Waals surface area contributed by atoms with E-state index in [0.29, 0.717) is 13.0 Å². The van der Waals surface area contributed by atoms with Gasteiger partial charge >= 0.3 is 13.2 Å². The van der Waals surface area contributed by atoms with E-state index in [1.807, 2.05) is 58.6 Å². The highest BCUT2D eigenvalue weighted by molar-refractivity contribution is 6.62. The van der Waals surface area contributed by atoms with Crippen molar-refractivity contribution in [1.82, 2.24) is 10.2 Å². The molecule has 34 heavy (non-hydrogen) atoms. The Balaban J connectivity index is 1.49. The highest BCUT2D eigenvalue weighted by Gasteiger charge is 2.52. The quantitative estimate of drug-likeness (QED) is 0.670. The van der Waals surface area contributed by atoms with E-state index in [-0.39, 0.29) is 17.9 Å². The second-order valence-corrected chi connectivity index (χ2v) is 10.8. The molecule has 0 aromatic heterocycles. The Morgan fingerprint density at radius 2 is 1.88 bits per heavy atom. The third kappa shape index (κ3) is 4.47. The number of methoxy groups -OCH3 is 1. The smallest absolute Gasteiger partial charge is 0.453 e. The van der Waals surface area contributed by atoms with Crippen LogP contribution in [0.25, 0.3) is 0 Å². The van der Waals surface area contributed by atoms with Gasteiger partial charge in [0.2, 0.25) is 5.91 Å². The van der Waals surface area contributed by atoms with Crippen molar-refractivity contribution in [3.63, 3.8) is 0 Å². The predicted molar refractivity (Wildman–Crippen MR) is 132 cm³/mol. The van der Waals surface area contributed by atoms with E-state index in [9.17, 15) is 9.59 Å². The molecule has 2 amide bonds. The topological polar surface area (TPSA) is 89.5 Å². The van der Waals surface area contributed by atoms with Crippen LogP contribution in [0.4, 0.5) is 10.5 Å². The van der Waals surface area contributed by atoms with E-state index in [1.54, 1.807) is 0 Å². The molecular formula is C25H36BN3O5. The molecule has 3 heterocycles. The molecule has 0 unspecified atom stereocenters. The van der Waals surface area contributed by atoms with Crippen LogP contribution < -0.4 is 10.8 Å². The van der Waals surface area contributed by atoms with Gasteiger partial charge in [0.25, 0.3) is 0 Å². The van der Waals surface area contributed by atoms with Crippen LogP contribution >= 0.6 is 0 Å². The molecule has 2 atom stereocenters. The van der Waals surface area contributed by atoms with Gasteiger partial charge in [-0.25, -0.2) is 4.79 Å². The molecule has 8 nitrogen and oxygen atoms in total. The van der Waals surface area contributed by atoms with Crippen LogP contribution in [0, 0.1) is 5.92 Å². The SMILES string of the molecule is COC(=O)N[C@H](C(=O)N1CCC[C@H]1C1=Nc2ccc(B3OC(C)(C)C(C)(C)O3)cc2C1)C(C)C. The number of likely N-dealkylation sites (tertiary alicyclic amines) is 1. The van der Waals surface area contributed by atoms with E-state index >= 15 is 0 Å². The lowest BCUT2D eigenvalue weighted by Crippen LogP contribution is -2.53. The van der Waals surface area contributed by atoms with Crippen molar-refractivity contribution in [3.05, 3.63) is 23.8 Å². The summed E-state index contributed by atoms with van der Waals surface area (Å²) in [5, 5.41) is 2.70. The summed E-state index contributed by atoms with van der Waals surface area (Å²) in [5.74, 6) is -0.141. The maximum Gasteiger partial charge on any atom is 0.494 e. The lowest BCUT2D eigenvalue weighted by Gasteiger charge is -2.32. The fourth-order valence-electron chi connectivity index (χ4n) is 4.82. The lowest BCUT2D eigenvalue weighted by atomic mass is 9.78. The largest absolute Gasteiger partial charge is 0.494 e. The average molecular weight is 469 g/mol. The highest BCUT2D eigenvalue weighted by Crippen LogP contribution is 2.37. The van der Waals surface area contributed by atoms with Gasteiger partial charge in [0.05, 0.1) is 30.0 Å². The number of rotatable bonds is 5. The molecule has 0 radical (unpaired) electrons. The molecule has 2 fully saturated rings. The third-order valence-electron chi connectivity index (χ3n) is 7.58. The fourth-order valence-corrected chi connectivity index (χ4v) is 4.82. The van der Waals surface area contributed by atoms with Gasteiger partial charge in [0.15, 0.2) is 0 Å². The number of ether oxygens (including phenoxy) is 1. The molecule has 0 spiro atoms. The molecule has 9 heteroatoms. The normalized spacial score (nSPS) is 23.6. The summed E-state index contributed by atoms with van der Waals surface area (Å²) in [6, 6.07) is 5.44. The minimum Gasteiger partial charge on any atom is -0.453 e. The number of fused-ring (bicyclic) bond motifs is 1. The zero-order valence-corrected chi connectivity index (χ0v) is 21.3. The first-order chi connectivity index (χ1) is 15.9. The van der Waals surface area contributed by atoms with E-state index in [2.05, 4.69) is 11.4 Å². The van der Waals surface area contributed by atoms with Crippen molar-refractivity contribution in [2.24, 2.45) is 10.9 Å². The lowest BCUT2D eigenvalue weighted by molar-refractivity contribution is -0.134. The first-order valence-corrected chi connectivity index (χ1v) is 12.1. The number of carbonyl (C=O) groups excluding carboxylic acids is 2. The molecule has 1 aromatic rings. The first-order valence-electron chi connectivity index (χ1n) is 12.1. The second kappa shape index (κ2) is 9.00. The van der Waals surface area contributed by atoms with E-state index in [0.717, 1.165) is 35.3 Å². The van der Waals surface area contributed by atoms with Gasteiger partial charge in [-0.05, 0) is 63.5 Å². The molecular weight excluding hydrogens is 433 g/mol. The Labute approximate surface area is 202 Å². The monoisotopic (exact) mass is 469 g/mol. The number of amides is 2. The van der Waals surface area contributed by atoms with Gasteiger partial charge < -0.3 is 24.3 Å². The van der Waals surface area contributed by atoms with Crippen LogP contribution in [0.5, 0.6) is 0 Å². The molecule has 4 rings (SSSR count). The summed E-state index contributed by atoms with van der Waals surface area (Å²) in [5.41, 5.74) is 3.24. The molecule has 3 aliphatic rings. The van der Waals surface area contributed by atoms with E-state index < -0.39 is 30.5 Å².